The SMILES string of the molecule is COc1ccc(Nc2cc(N)n3ncc(-c4cnn(C)c4)c3n2)cn1. The first kappa shape index (κ1) is 14.9. The van der Waals surface area contributed by atoms with Crippen LogP contribution in [0.25, 0.3) is 16.8 Å². The Morgan fingerprint density at radius 2 is 2.04 bits per heavy atom. The molecule has 0 amide bonds. The third-order valence-electron chi connectivity index (χ3n) is 3.73. The summed E-state index contributed by atoms with van der Waals surface area (Å²) < 4.78 is 8.38. The van der Waals surface area contributed by atoms with Crippen molar-refractivity contribution >= 4 is 23.0 Å². The number of aryl methyl sites for hydroxylation is 1. The molecule has 4 rings (SSSR count). The minimum atomic E-state index is 0.476. The van der Waals surface area contributed by atoms with Crippen LogP contribution in [0.4, 0.5) is 17.3 Å². The van der Waals surface area contributed by atoms with Crippen LogP contribution in [0.2, 0.25) is 0 Å². The molecule has 0 aliphatic heterocycles. The summed E-state index contributed by atoms with van der Waals surface area (Å²) in [5.41, 5.74) is 9.33. The number of nitrogens with two attached hydrogens (primary N) is 1. The van der Waals surface area contributed by atoms with Gasteiger partial charge in [0.2, 0.25) is 5.88 Å². The van der Waals surface area contributed by atoms with Crippen LogP contribution in [-0.2, 0) is 7.05 Å². The van der Waals surface area contributed by atoms with E-state index in [1.165, 1.54) is 0 Å². The van der Waals surface area contributed by atoms with Crippen molar-refractivity contribution in [2.45, 2.75) is 0 Å². The van der Waals surface area contributed by atoms with Crippen molar-refractivity contribution in [2.24, 2.45) is 7.05 Å². The average molecular weight is 336 g/mol. The van der Waals surface area contributed by atoms with Gasteiger partial charge in [0.25, 0.3) is 0 Å². The number of hydrogen-bond acceptors (Lipinski definition) is 7. The van der Waals surface area contributed by atoms with Gasteiger partial charge in [-0.25, -0.2) is 9.97 Å². The van der Waals surface area contributed by atoms with Gasteiger partial charge in [0.05, 0.1) is 31.4 Å². The fourth-order valence-corrected chi connectivity index (χ4v) is 2.54. The summed E-state index contributed by atoms with van der Waals surface area (Å²) in [5, 5.41) is 11.7. The van der Waals surface area contributed by atoms with Crippen molar-refractivity contribution in [1.82, 2.24) is 29.4 Å². The zero-order valence-electron chi connectivity index (χ0n) is 13.7. The minimum absolute atomic E-state index is 0.476. The van der Waals surface area contributed by atoms with E-state index >= 15 is 0 Å². The monoisotopic (exact) mass is 336 g/mol. The second-order valence-corrected chi connectivity index (χ2v) is 5.48. The molecule has 126 valence electrons. The Labute approximate surface area is 143 Å². The van der Waals surface area contributed by atoms with Gasteiger partial charge in [-0.15, -0.1) is 0 Å². The Kier molecular flexibility index (Phi) is 3.46. The van der Waals surface area contributed by atoms with Gasteiger partial charge in [-0.1, -0.05) is 0 Å². The van der Waals surface area contributed by atoms with E-state index in [9.17, 15) is 0 Å². The molecule has 4 aromatic heterocycles. The Morgan fingerprint density at radius 3 is 2.72 bits per heavy atom. The maximum absolute atomic E-state index is 6.12. The van der Waals surface area contributed by atoms with E-state index in [0.717, 1.165) is 16.8 Å². The number of fused-ring (bicyclic) bond motifs is 1. The first-order valence-corrected chi connectivity index (χ1v) is 7.54. The number of rotatable bonds is 4. The Balaban J connectivity index is 1.74. The van der Waals surface area contributed by atoms with E-state index in [1.54, 1.807) is 47.0 Å². The second-order valence-electron chi connectivity index (χ2n) is 5.48. The predicted molar refractivity (Wildman–Crippen MR) is 93.7 cm³/mol. The molecule has 0 fully saturated rings. The third-order valence-corrected chi connectivity index (χ3v) is 3.73. The number of methoxy groups -OCH3 is 1. The molecule has 9 nitrogen and oxygen atoms in total. The van der Waals surface area contributed by atoms with E-state index in [1.807, 2.05) is 19.3 Å². The highest BCUT2D eigenvalue weighted by molar-refractivity contribution is 5.78. The predicted octanol–water partition coefficient (Wildman–Crippen LogP) is 1.86. The van der Waals surface area contributed by atoms with Gasteiger partial charge in [-0.05, 0) is 6.07 Å². The normalized spacial score (nSPS) is 11.0. The number of nitrogens with zero attached hydrogens (tertiary/aromatic N) is 6. The van der Waals surface area contributed by atoms with Gasteiger partial charge in [0.15, 0.2) is 5.65 Å². The summed E-state index contributed by atoms with van der Waals surface area (Å²) in [7, 11) is 3.44. The highest BCUT2D eigenvalue weighted by Crippen LogP contribution is 2.26. The fraction of sp³-hybridized carbons (Fsp3) is 0.125. The molecule has 0 aromatic carbocycles. The Morgan fingerprint density at radius 1 is 1.16 bits per heavy atom. The Hall–Kier alpha value is -3.62. The summed E-state index contributed by atoms with van der Waals surface area (Å²) in [6.45, 7) is 0. The summed E-state index contributed by atoms with van der Waals surface area (Å²) in [4.78, 5) is 8.80. The smallest absolute Gasteiger partial charge is 0.213 e. The summed E-state index contributed by atoms with van der Waals surface area (Å²) in [5.74, 6) is 1.62. The maximum atomic E-state index is 6.12. The highest BCUT2D eigenvalue weighted by atomic mass is 16.5. The summed E-state index contributed by atoms with van der Waals surface area (Å²) >= 11 is 0. The molecule has 0 atom stereocenters. The Bertz CT molecular complexity index is 1030. The number of ether oxygens (including phenoxy) is 1. The van der Waals surface area contributed by atoms with Crippen molar-refractivity contribution in [3.8, 4) is 17.0 Å². The quantitative estimate of drug-likeness (QED) is 0.585. The van der Waals surface area contributed by atoms with E-state index in [2.05, 4.69) is 25.5 Å². The number of pyridine rings is 1. The number of nitrogens with one attached hydrogen (secondary N) is 1. The van der Waals surface area contributed by atoms with Crippen LogP contribution in [0.5, 0.6) is 5.88 Å². The molecule has 0 bridgehead atoms. The van der Waals surface area contributed by atoms with E-state index < -0.39 is 0 Å². The molecule has 0 spiro atoms. The molecule has 4 heterocycles. The molecule has 25 heavy (non-hydrogen) atoms. The highest BCUT2D eigenvalue weighted by Gasteiger charge is 2.13. The molecule has 4 aromatic rings. The van der Waals surface area contributed by atoms with Gasteiger partial charge in [0, 0.05) is 36.5 Å². The van der Waals surface area contributed by atoms with E-state index in [0.29, 0.717) is 23.2 Å². The van der Waals surface area contributed by atoms with Crippen molar-refractivity contribution in [2.75, 3.05) is 18.2 Å². The number of nitrogen functional groups attached to an aromatic ring is 1. The largest absolute Gasteiger partial charge is 0.481 e. The van der Waals surface area contributed by atoms with Gasteiger partial charge in [-0.2, -0.15) is 14.7 Å². The molecule has 0 saturated carbocycles. The number of aromatic nitrogens is 6. The lowest BCUT2D eigenvalue weighted by Crippen LogP contribution is -2.03. The van der Waals surface area contributed by atoms with Crippen molar-refractivity contribution in [3.05, 3.63) is 43.0 Å². The van der Waals surface area contributed by atoms with Crippen molar-refractivity contribution in [3.63, 3.8) is 0 Å². The standard InChI is InChI=1S/C16H16N8O/c1-23-9-10(6-19-23)12-8-20-24-13(17)5-14(22-16(12)24)21-11-3-4-15(25-2)18-7-11/h3-9H,17H2,1-2H3,(H,21,22). The molecular formula is C16H16N8O. The minimum Gasteiger partial charge on any atom is -0.481 e. The molecule has 0 unspecified atom stereocenters. The van der Waals surface area contributed by atoms with Crippen molar-refractivity contribution in [1.29, 1.82) is 0 Å². The van der Waals surface area contributed by atoms with E-state index in [4.69, 9.17) is 10.5 Å². The van der Waals surface area contributed by atoms with Crippen LogP contribution < -0.4 is 15.8 Å². The molecule has 0 radical (unpaired) electrons. The number of anilines is 3. The zero-order chi connectivity index (χ0) is 17.4. The molecule has 3 N–H and O–H groups in total. The maximum Gasteiger partial charge on any atom is 0.213 e. The molecule has 0 saturated heterocycles. The lowest BCUT2D eigenvalue weighted by molar-refractivity contribution is 0.398. The van der Waals surface area contributed by atoms with Gasteiger partial charge >= 0.3 is 0 Å². The van der Waals surface area contributed by atoms with E-state index in [-0.39, 0.29) is 0 Å². The topological polar surface area (TPSA) is 108 Å². The fourth-order valence-electron chi connectivity index (χ4n) is 2.54. The van der Waals surface area contributed by atoms with Crippen molar-refractivity contribution < 1.29 is 4.74 Å². The second kappa shape index (κ2) is 5.78. The van der Waals surface area contributed by atoms with Gasteiger partial charge < -0.3 is 15.8 Å². The lowest BCUT2D eigenvalue weighted by atomic mass is 10.2. The third kappa shape index (κ3) is 2.71. The molecule has 9 heteroatoms. The van der Waals surface area contributed by atoms with Crippen LogP contribution in [0.15, 0.2) is 43.0 Å². The summed E-state index contributed by atoms with van der Waals surface area (Å²) in [6, 6.07) is 5.34. The van der Waals surface area contributed by atoms with Gasteiger partial charge in [-0.3, -0.25) is 4.68 Å². The van der Waals surface area contributed by atoms with Crippen LogP contribution in [-0.4, -0.2) is 36.5 Å². The van der Waals surface area contributed by atoms with Crippen LogP contribution in [0, 0.1) is 0 Å². The molecule has 0 aliphatic carbocycles. The average Bonchev–Trinajstić information content (AvgIpc) is 3.22. The zero-order valence-corrected chi connectivity index (χ0v) is 13.7. The van der Waals surface area contributed by atoms with Gasteiger partial charge in [0.1, 0.15) is 11.6 Å². The van der Waals surface area contributed by atoms with Crippen LogP contribution in [0.3, 0.4) is 0 Å². The molecular weight excluding hydrogens is 320 g/mol. The number of hydrogen-bond donors (Lipinski definition) is 2. The van der Waals surface area contributed by atoms with Crippen LogP contribution >= 0.6 is 0 Å². The lowest BCUT2D eigenvalue weighted by Gasteiger charge is -2.08. The first-order valence-electron chi connectivity index (χ1n) is 7.54. The molecule has 0 aliphatic rings. The summed E-state index contributed by atoms with van der Waals surface area (Å²) in [6.07, 6.45) is 7.07. The van der Waals surface area contributed by atoms with Crippen LogP contribution in [0.1, 0.15) is 0 Å². The first-order chi connectivity index (χ1) is 12.1.